The third kappa shape index (κ3) is 4.08. The highest BCUT2D eigenvalue weighted by Crippen LogP contribution is 2.18. The summed E-state index contributed by atoms with van der Waals surface area (Å²) in [5, 5.41) is 5.52. The Bertz CT molecular complexity index is 716. The summed E-state index contributed by atoms with van der Waals surface area (Å²) < 4.78 is 42.8. The van der Waals surface area contributed by atoms with Crippen LogP contribution in [0.25, 0.3) is 0 Å². The topological polar surface area (TPSA) is 62.2 Å². The number of hydrogen-bond acceptors (Lipinski definition) is 6. The zero-order chi connectivity index (χ0) is 17.2. The van der Waals surface area contributed by atoms with Gasteiger partial charge in [0.15, 0.2) is 0 Å². The van der Waals surface area contributed by atoms with Gasteiger partial charge in [-0.25, -0.2) is 9.40 Å². The molecule has 1 aromatic rings. The van der Waals surface area contributed by atoms with Crippen molar-refractivity contribution in [3.8, 4) is 0 Å². The summed E-state index contributed by atoms with van der Waals surface area (Å²) in [4.78, 5) is 1.73. The van der Waals surface area contributed by atoms with E-state index >= 15 is 0 Å². The van der Waals surface area contributed by atoms with Crippen LogP contribution in [0, 0.1) is 6.92 Å². The molecular weight excluding hydrogens is 321 g/mol. The van der Waals surface area contributed by atoms with Crippen LogP contribution in [0.5, 0.6) is 0 Å². The summed E-state index contributed by atoms with van der Waals surface area (Å²) in [6.45, 7) is 6.72. The minimum atomic E-state index is -3.97. The van der Waals surface area contributed by atoms with E-state index < -0.39 is 22.9 Å². The number of hydrogen-bond donors (Lipinski definition) is 0. The fourth-order valence-electron chi connectivity index (χ4n) is 1.98. The molecule has 1 aromatic carbocycles. The van der Waals surface area contributed by atoms with Gasteiger partial charge in [-0.15, -0.1) is 0 Å². The van der Waals surface area contributed by atoms with E-state index in [0.717, 1.165) is 5.56 Å². The van der Waals surface area contributed by atoms with Gasteiger partial charge in [0.1, 0.15) is 17.8 Å². The summed E-state index contributed by atoms with van der Waals surface area (Å²) in [5.74, 6) is 1.22. The van der Waals surface area contributed by atoms with E-state index in [0.29, 0.717) is 11.7 Å². The molecule has 0 aliphatic carbocycles. The lowest BCUT2D eigenvalue weighted by molar-refractivity contribution is 0.156. The first-order valence-corrected chi connectivity index (χ1v) is 8.47. The Labute approximate surface area is 136 Å². The van der Waals surface area contributed by atoms with Crippen LogP contribution in [0.3, 0.4) is 0 Å². The van der Waals surface area contributed by atoms with Crippen LogP contribution in [0.1, 0.15) is 12.5 Å². The summed E-state index contributed by atoms with van der Waals surface area (Å²) in [7, 11) is -2.20. The molecule has 0 radical (unpaired) electrons. The number of benzene rings is 1. The Morgan fingerprint density at radius 1 is 1.30 bits per heavy atom. The molecule has 0 saturated heterocycles. The molecule has 1 aliphatic heterocycles. The quantitative estimate of drug-likeness (QED) is 0.742. The lowest BCUT2D eigenvalue weighted by atomic mass is 10.2. The SMILES string of the molecule is C=C1N(C[C@@H](F)COS(=O)(=O)c2ccc(C)cc2)N=C(C)N1C. The molecule has 0 unspecified atom stereocenters. The van der Waals surface area contributed by atoms with E-state index in [1.165, 1.54) is 17.1 Å². The number of hydrazone groups is 1. The van der Waals surface area contributed by atoms with Crippen LogP contribution in [0.15, 0.2) is 46.7 Å². The number of alkyl halides is 1. The normalized spacial score (nSPS) is 16.7. The van der Waals surface area contributed by atoms with Crippen LogP contribution in [-0.2, 0) is 14.3 Å². The van der Waals surface area contributed by atoms with Gasteiger partial charge in [-0.05, 0) is 26.0 Å². The molecule has 1 heterocycles. The molecule has 0 spiro atoms. The van der Waals surface area contributed by atoms with E-state index in [1.807, 2.05) is 6.92 Å². The van der Waals surface area contributed by atoms with Crippen LogP contribution in [-0.4, -0.2) is 50.5 Å². The maximum absolute atomic E-state index is 14.0. The zero-order valence-electron chi connectivity index (χ0n) is 13.4. The summed E-state index contributed by atoms with van der Waals surface area (Å²) in [6, 6.07) is 6.18. The number of aryl methyl sites for hydroxylation is 1. The van der Waals surface area contributed by atoms with Crippen LogP contribution < -0.4 is 0 Å². The van der Waals surface area contributed by atoms with Crippen molar-refractivity contribution in [1.82, 2.24) is 9.91 Å². The van der Waals surface area contributed by atoms with E-state index in [4.69, 9.17) is 4.18 Å². The maximum Gasteiger partial charge on any atom is 0.297 e. The predicted molar refractivity (Wildman–Crippen MR) is 85.9 cm³/mol. The molecule has 0 N–H and O–H groups in total. The van der Waals surface area contributed by atoms with Crippen molar-refractivity contribution in [3.05, 3.63) is 42.2 Å². The van der Waals surface area contributed by atoms with Crippen molar-refractivity contribution in [1.29, 1.82) is 0 Å². The average molecular weight is 341 g/mol. The second kappa shape index (κ2) is 6.67. The van der Waals surface area contributed by atoms with Crippen molar-refractivity contribution in [2.75, 3.05) is 20.2 Å². The van der Waals surface area contributed by atoms with Gasteiger partial charge >= 0.3 is 0 Å². The standard InChI is InChI=1S/C15H20FN3O3S/c1-11-5-7-15(8-6-11)23(20,21)22-10-14(16)9-19-13(3)18(4)12(2)17-19/h5-8,14H,3,9-10H2,1-2,4H3/t14-/m1/s1. The minimum Gasteiger partial charge on any atom is -0.317 e. The van der Waals surface area contributed by atoms with Gasteiger partial charge in [-0.3, -0.25) is 4.18 Å². The van der Waals surface area contributed by atoms with Crippen molar-refractivity contribution in [2.45, 2.75) is 24.9 Å². The number of rotatable bonds is 6. The molecule has 126 valence electrons. The molecule has 23 heavy (non-hydrogen) atoms. The Hall–Kier alpha value is -1.93. The molecule has 8 heteroatoms. The lowest BCUT2D eigenvalue weighted by Crippen LogP contribution is -2.30. The van der Waals surface area contributed by atoms with Gasteiger partial charge in [0.25, 0.3) is 10.1 Å². The molecule has 0 bridgehead atoms. The average Bonchev–Trinajstić information content (AvgIpc) is 2.73. The van der Waals surface area contributed by atoms with E-state index in [2.05, 4.69) is 11.7 Å². The molecule has 2 rings (SSSR count). The highest BCUT2D eigenvalue weighted by Gasteiger charge is 2.25. The fraction of sp³-hybridized carbons (Fsp3) is 0.400. The minimum absolute atomic E-state index is 0.00878. The van der Waals surface area contributed by atoms with E-state index in [-0.39, 0.29) is 11.4 Å². The van der Waals surface area contributed by atoms with Gasteiger partial charge < -0.3 is 4.90 Å². The first kappa shape index (κ1) is 17.4. The second-order valence-electron chi connectivity index (χ2n) is 5.35. The molecule has 0 aromatic heterocycles. The lowest BCUT2D eigenvalue weighted by Gasteiger charge is -2.20. The van der Waals surface area contributed by atoms with Crippen molar-refractivity contribution in [3.63, 3.8) is 0 Å². The van der Waals surface area contributed by atoms with E-state index in [1.54, 1.807) is 31.0 Å². The molecule has 6 nitrogen and oxygen atoms in total. The zero-order valence-corrected chi connectivity index (χ0v) is 14.2. The van der Waals surface area contributed by atoms with Crippen LogP contribution in [0.4, 0.5) is 4.39 Å². The third-order valence-corrected chi connectivity index (χ3v) is 4.82. The Morgan fingerprint density at radius 3 is 2.43 bits per heavy atom. The molecule has 0 fully saturated rings. The molecular formula is C15H20FN3O3S. The Balaban J connectivity index is 1.93. The molecule has 0 amide bonds. The van der Waals surface area contributed by atoms with Crippen LogP contribution >= 0.6 is 0 Å². The first-order valence-electron chi connectivity index (χ1n) is 7.06. The first-order chi connectivity index (χ1) is 10.7. The van der Waals surface area contributed by atoms with Crippen molar-refractivity contribution >= 4 is 16.0 Å². The van der Waals surface area contributed by atoms with Gasteiger partial charge in [-0.2, -0.15) is 13.5 Å². The maximum atomic E-state index is 14.0. The number of halogens is 1. The highest BCUT2D eigenvalue weighted by molar-refractivity contribution is 7.86. The van der Waals surface area contributed by atoms with Gasteiger partial charge in [0, 0.05) is 7.05 Å². The van der Waals surface area contributed by atoms with Gasteiger partial charge in [-0.1, -0.05) is 24.3 Å². The smallest absolute Gasteiger partial charge is 0.297 e. The Kier molecular flexibility index (Phi) is 5.06. The summed E-state index contributed by atoms with van der Waals surface area (Å²) in [5.41, 5.74) is 0.928. The molecule has 0 saturated carbocycles. The second-order valence-corrected chi connectivity index (χ2v) is 6.97. The Morgan fingerprint density at radius 2 is 1.91 bits per heavy atom. The number of amidine groups is 1. The molecule has 1 aliphatic rings. The van der Waals surface area contributed by atoms with E-state index in [9.17, 15) is 12.8 Å². The van der Waals surface area contributed by atoms with Crippen molar-refractivity contribution in [2.24, 2.45) is 5.10 Å². The number of nitrogens with zero attached hydrogens (tertiary/aromatic N) is 3. The predicted octanol–water partition coefficient (Wildman–Crippen LogP) is 2.09. The molecule has 1 atom stereocenters. The van der Waals surface area contributed by atoms with Crippen LogP contribution in [0.2, 0.25) is 0 Å². The van der Waals surface area contributed by atoms with Gasteiger partial charge in [0.2, 0.25) is 0 Å². The largest absolute Gasteiger partial charge is 0.317 e. The summed E-state index contributed by atoms with van der Waals surface area (Å²) in [6.07, 6.45) is -1.52. The monoisotopic (exact) mass is 341 g/mol. The highest BCUT2D eigenvalue weighted by atomic mass is 32.2. The van der Waals surface area contributed by atoms with Crippen molar-refractivity contribution < 1.29 is 17.0 Å². The fourth-order valence-corrected chi connectivity index (χ4v) is 2.91. The third-order valence-electron chi connectivity index (χ3n) is 3.52. The summed E-state index contributed by atoms with van der Waals surface area (Å²) >= 11 is 0. The van der Waals surface area contributed by atoms with Gasteiger partial charge in [0.05, 0.1) is 18.0 Å².